The molecule has 1 atom stereocenters. The third-order valence-electron chi connectivity index (χ3n) is 2.40. The van der Waals surface area contributed by atoms with Crippen LogP contribution in [0.15, 0.2) is 23.1 Å². The second-order valence-electron chi connectivity index (χ2n) is 3.71. The van der Waals surface area contributed by atoms with Crippen LogP contribution in [-0.2, 0) is 9.53 Å². The monoisotopic (exact) mass is 280 g/mol. The Morgan fingerprint density at radius 1 is 1.63 bits per heavy atom. The molecule has 0 amide bonds. The van der Waals surface area contributed by atoms with E-state index in [0.29, 0.717) is 11.3 Å². The van der Waals surface area contributed by atoms with Gasteiger partial charge in [-0.2, -0.15) is 5.26 Å². The summed E-state index contributed by atoms with van der Waals surface area (Å²) in [6, 6.07) is 6.59. The Morgan fingerprint density at radius 3 is 2.89 bits per heavy atom. The number of aliphatic carboxylic acids is 1. The summed E-state index contributed by atoms with van der Waals surface area (Å²) in [7, 11) is 1.44. The Kier molecular flexibility index (Phi) is 6.19. The highest BCUT2D eigenvalue weighted by molar-refractivity contribution is 7.99. The molecule has 1 aromatic rings. The van der Waals surface area contributed by atoms with Crippen LogP contribution >= 0.6 is 11.8 Å². The Hall–Kier alpha value is -1.71. The van der Waals surface area contributed by atoms with Gasteiger partial charge in [0.05, 0.1) is 17.9 Å². The van der Waals surface area contributed by atoms with Crippen molar-refractivity contribution in [1.82, 2.24) is 0 Å². The maximum atomic E-state index is 11.1. The normalized spacial score (nSPS) is 11.6. The van der Waals surface area contributed by atoms with Crippen LogP contribution in [0.3, 0.4) is 0 Å². The number of nitrogens with one attached hydrogen (secondary N) is 1. The number of carboxylic acids is 1. The molecule has 0 radical (unpaired) electrons. The van der Waals surface area contributed by atoms with Crippen LogP contribution in [-0.4, -0.2) is 36.6 Å². The minimum atomic E-state index is -1.01. The highest BCUT2D eigenvalue weighted by atomic mass is 32.2. The van der Waals surface area contributed by atoms with Gasteiger partial charge < -0.3 is 15.2 Å². The zero-order valence-electron chi connectivity index (χ0n) is 10.8. The first-order valence-electron chi connectivity index (χ1n) is 5.78. The van der Waals surface area contributed by atoms with Crippen LogP contribution in [0.4, 0.5) is 5.69 Å². The number of ether oxygens (including phenoxy) is 1. The number of benzene rings is 1. The standard InChI is InChI=1S/C13H16N2O3S/c1-3-19-12-6-4-5-10(9(12)7-14)15-11(8-18-2)13(16)17/h4-6,11,15H,3,8H2,1-2H3,(H,16,17). The number of rotatable bonds is 7. The molecule has 0 aromatic heterocycles. The molecule has 0 aliphatic heterocycles. The van der Waals surface area contributed by atoms with E-state index in [4.69, 9.17) is 9.84 Å². The number of methoxy groups -OCH3 is 1. The fourth-order valence-electron chi connectivity index (χ4n) is 1.57. The van der Waals surface area contributed by atoms with Crippen LogP contribution in [0.2, 0.25) is 0 Å². The highest BCUT2D eigenvalue weighted by Gasteiger charge is 2.19. The van der Waals surface area contributed by atoms with Gasteiger partial charge in [-0.1, -0.05) is 13.0 Å². The van der Waals surface area contributed by atoms with Gasteiger partial charge >= 0.3 is 5.97 Å². The largest absolute Gasteiger partial charge is 0.480 e. The number of nitriles is 1. The van der Waals surface area contributed by atoms with Gasteiger partial charge in [0.15, 0.2) is 0 Å². The van der Waals surface area contributed by atoms with Crippen molar-refractivity contribution in [2.45, 2.75) is 17.9 Å². The third-order valence-corrected chi connectivity index (χ3v) is 3.34. The average molecular weight is 280 g/mol. The summed E-state index contributed by atoms with van der Waals surface area (Å²) in [5.74, 6) is -0.169. The Bertz CT molecular complexity index is 485. The molecule has 0 heterocycles. The smallest absolute Gasteiger partial charge is 0.328 e. The number of hydrogen-bond donors (Lipinski definition) is 2. The molecule has 0 bridgehead atoms. The van der Waals surface area contributed by atoms with Gasteiger partial charge in [-0.25, -0.2) is 4.79 Å². The molecule has 0 saturated heterocycles. The molecule has 0 aliphatic carbocycles. The third kappa shape index (κ3) is 4.16. The lowest BCUT2D eigenvalue weighted by Gasteiger charge is -2.16. The molecular weight excluding hydrogens is 264 g/mol. The van der Waals surface area contributed by atoms with Gasteiger partial charge in [-0.3, -0.25) is 0 Å². The van der Waals surface area contributed by atoms with E-state index < -0.39 is 12.0 Å². The van der Waals surface area contributed by atoms with Gasteiger partial charge in [-0.05, 0) is 17.9 Å². The fraction of sp³-hybridized carbons (Fsp3) is 0.385. The van der Waals surface area contributed by atoms with Crippen molar-refractivity contribution in [3.05, 3.63) is 23.8 Å². The molecule has 0 fully saturated rings. The van der Waals surface area contributed by atoms with E-state index in [1.807, 2.05) is 13.0 Å². The topological polar surface area (TPSA) is 82.3 Å². The van der Waals surface area contributed by atoms with Gasteiger partial charge in [0.2, 0.25) is 0 Å². The van der Waals surface area contributed by atoms with Crippen LogP contribution in [0.1, 0.15) is 12.5 Å². The van der Waals surface area contributed by atoms with Gasteiger partial charge in [0, 0.05) is 12.0 Å². The maximum absolute atomic E-state index is 11.1. The van der Waals surface area contributed by atoms with E-state index in [9.17, 15) is 10.1 Å². The predicted octanol–water partition coefficient (Wildman–Crippen LogP) is 2.18. The molecule has 0 aliphatic rings. The second kappa shape index (κ2) is 7.67. The highest BCUT2D eigenvalue weighted by Crippen LogP contribution is 2.28. The number of carbonyl (C=O) groups is 1. The summed E-state index contributed by atoms with van der Waals surface area (Å²) in [5, 5.41) is 21.1. The van der Waals surface area contributed by atoms with Crippen LogP contribution in [0, 0.1) is 11.3 Å². The average Bonchev–Trinajstić information content (AvgIpc) is 2.38. The quantitative estimate of drug-likeness (QED) is 0.745. The van der Waals surface area contributed by atoms with E-state index in [2.05, 4.69) is 11.4 Å². The Morgan fingerprint density at radius 2 is 2.37 bits per heavy atom. The molecule has 0 saturated carbocycles. The summed E-state index contributed by atoms with van der Waals surface area (Å²) in [6.45, 7) is 2.03. The van der Waals surface area contributed by atoms with Crippen molar-refractivity contribution in [3.63, 3.8) is 0 Å². The van der Waals surface area contributed by atoms with E-state index in [-0.39, 0.29) is 6.61 Å². The number of anilines is 1. The molecule has 2 N–H and O–H groups in total. The molecule has 102 valence electrons. The van der Waals surface area contributed by atoms with Crippen LogP contribution in [0.5, 0.6) is 0 Å². The van der Waals surface area contributed by atoms with E-state index in [1.165, 1.54) is 7.11 Å². The SMILES string of the molecule is CCSc1cccc(NC(COC)C(=O)O)c1C#N. The van der Waals surface area contributed by atoms with Crippen LogP contribution in [0.25, 0.3) is 0 Å². The molecule has 19 heavy (non-hydrogen) atoms. The number of carboxylic acid groups (broad SMARTS) is 1. The zero-order chi connectivity index (χ0) is 14.3. The van der Waals surface area contributed by atoms with Gasteiger partial charge in [-0.15, -0.1) is 11.8 Å². The van der Waals surface area contributed by atoms with Crippen molar-refractivity contribution in [2.24, 2.45) is 0 Å². The van der Waals surface area contributed by atoms with E-state index in [1.54, 1.807) is 23.9 Å². The Balaban J connectivity index is 3.03. The lowest BCUT2D eigenvalue weighted by atomic mass is 10.1. The lowest BCUT2D eigenvalue weighted by molar-refractivity contribution is -0.139. The van der Waals surface area contributed by atoms with Gasteiger partial charge in [0.25, 0.3) is 0 Å². The van der Waals surface area contributed by atoms with Crippen molar-refractivity contribution in [2.75, 3.05) is 24.8 Å². The zero-order valence-corrected chi connectivity index (χ0v) is 11.7. The Labute approximate surface area is 116 Å². The molecule has 1 unspecified atom stereocenters. The molecule has 6 heteroatoms. The van der Waals surface area contributed by atoms with Crippen LogP contribution < -0.4 is 5.32 Å². The fourth-order valence-corrected chi connectivity index (χ4v) is 2.36. The van der Waals surface area contributed by atoms with Gasteiger partial charge in [0.1, 0.15) is 12.1 Å². The number of nitrogens with zero attached hydrogens (tertiary/aromatic N) is 1. The summed E-state index contributed by atoms with van der Waals surface area (Å²) in [4.78, 5) is 11.9. The van der Waals surface area contributed by atoms with Crippen molar-refractivity contribution >= 4 is 23.4 Å². The molecule has 1 rings (SSSR count). The van der Waals surface area contributed by atoms with E-state index in [0.717, 1.165) is 10.6 Å². The second-order valence-corrected chi connectivity index (χ2v) is 5.02. The summed E-state index contributed by atoms with van der Waals surface area (Å²) in [6.07, 6.45) is 0. The molecule has 1 aromatic carbocycles. The molecule has 5 nitrogen and oxygen atoms in total. The van der Waals surface area contributed by atoms with E-state index >= 15 is 0 Å². The molecule has 0 spiro atoms. The lowest BCUT2D eigenvalue weighted by Crippen LogP contribution is -2.33. The summed E-state index contributed by atoms with van der Waals surface area (Å²) in [5.41, 5.74) is 0.988. The van der Waals surface area contributed by atoms with Crippen molar-refractivity contribution in [3.8, 4) is 6.07 Å². The predicted molar refractivity (Wildman–Crippen MR) is 74.5 cm³/mol. The number of thioether (sulfide) groups is 1. The van der Waals surface area contributed by atoms with Crippen molar-refractivity contribution < 1.29 is 14.6 Å². The minimum Gasteiger partial charge on any atom is -0.480 e. The first-order valence-corrected chi connectivity index (χ1v) is 6.76. The minimum absolute atomic E-state index is 0.0331. The summed E-state index contributed by atoms with van der Waals surface area (Å²) < 4.78 is 4.86. The maximum Gasteiger partial charge on any atom is 0.328 e. The molecular formula is C13H16N2O3S. The first-order chi connectivity index (χ1) is 9.13. The summed E-state index contributed by atoms with van der Waals surface area (Å²) >= 11 is 1.55. The number of hydrogen-bond acceptors (Lipinski definition) is 5. The first kappa shape index (κ1) is 15.3. The van der Waals surface area contributed by atoms with Crippen molar-refractivity contribution in [1.29, 1.82) is 5.26 Å².